The molecule has 0 aliphatic carbocycles. The number of aromatic nitrogens is 6. The summed E-state index contributed by atoms with van der Waals surface area (Å²) in [4.78, 5) is 4.32. The molecule has 1 fully saturated rings. The molecule has 15 heteroatoms. The van der Waals surface area contributed by atoms with Gasteiger partial charge in [0, 0.05) is 10.6 Å². The number of ether oxygens (including phenoxy) is 1. The monoisotopic (exact) mass is 552 g/mol. The molecule has 11 nitrogen and oxygen atoms in total. The maximum absolute atomic E-state index is 13.7. The quantitative estimate of drug-likeness (QED) is 0.272. The van der Waals surface area contributed by atoms with E-state index in [1.54, 1.807) is 6.92 Å². The minimum atomic E-state index is -1.64. The number of halogens is 4. The molecule has 4 N–H and O–H groups in total. The fourth-order valence-corrected chi connectivity index (χ4v) is 4.51. The van der Waals surface area contributed by atoms with Crippen molar-refractivity contribution >= 4 is 11.6 Å². The molecule has 200 valence electrons. The molecule has 1 aliphatic rings. The van der Waals surface area contributed by atoms with Crippen LogP contribution in [-0.4, -0.2) is 75.1 Å². The van der Waals surface area contributed by atoms with Crippen molar-refractivity contribution in [1.29, 1.82) is 0 Å². The van der Waals surface area contributed by atoms with E-state index in [1.807, 2.05) is 0 Å². The van der Waals surface area contributed by atoms with Crippen LogP contribution in [0, 0.1) is 24.4 Å². The Kier molecular flexibility index (Phi) is 6.83. The summed E-state index contributed by atoms with van der Waals surface area (Å²) in [5, 5.41) is 54.8. The number of aliphatic hydroxyl groups excluding tert-OH is 3. The Balaban J connectivity index is 1.55. The summed E-state index contributed by atoms with van der Waals surface area (Å²) in [6, 6.07) is 4.39. The number of hydrogen-bond donors (Lipinski definition) is 4. The smallest absolute Gasteiger partial charge is 0.194 e. The van der Waals surface area contributed by atoms with Gasteiger partial charge in [0.15, 0.2) is 23.3 Å². The fraction of sp³-hybridized carbons (Fsp3) is 0.304. The molecule has 0 saturated carbocycles. The summed E-state index contributed by atoms with van der Waals surface area (Å²) in [5.74, 6) is -4.43. The highest BCUT2D eigenvalue weighted by Crippen LogP contribution is 2.39. The fourth-order valence-electron chi connectivity index (χ4n) is 4.35. The highest BCUT2D eigenvalue weighted by Gasteiger charge is 2.48. The number of hydrogen-bond acceptors (Lipinski definition) is 9. The summed E-state index contributed by atoms with van der Waals surface area (Å²) in [7, 11) is 0. The standard InChI is InChI=1S/C23H20ClF3N6O5/c1-9-28-23(33(30-9)15-6-11(24)2-3-16(15)35)22-21(37)19(20(36)17(8-34)38-22)32-7-14(29-31-32)10-4-12(25)18(27)13(26)5-10/h2-7,17,19-22,34-37H,8H2,1H3/t17-,19+,20+,21-,22-/m1/s1. The predicted octanol–water partition coefficient (Wildman–Crippen LogP) is 2.01. The van der Waals surface area contributed by atoms with E-state index >= 15 is 0 Å². The summed E-state index contributed by atoms with van der Waals surface area (Å²) in [6.07, 6.45) is -4.44. The van der Waals surface area contributed by atoms with Gasteiger partial charge in [-0.15, -0.1) is 5.10 Å². The second kappa shape index (κ2) is 9.96. The molecule has 3 heterocycles. The second-order valence-corrected chi connectivity index (χ2v) is 9.09. The van der Waals surface area contributed by atoms with Crippen LogP contribution in [0.4, 0.5) is 13.2 Å². The van der Waals surface area contributed by atoms with Gasteiger partial charge < -0.3 is 25.2 Å². The number of rotatable bonds is 5. The number of phenolic OH excluding ortho intramolecular Hbond substituents is 1. The Bertz CT molecular complexity index is 1480. The highest BCUT2D eigenvalue weighted by atomic mass is 35.5. The average Bonchev–Trinajstić information content (AvgIpc) is 3.51. The predicted molar refractivity (Wildman–Crippen MR) is 124 cm³/mol. The topological polar surface area (TPSA) is 152 Å². The van der Waals surface area contributed by atoms with Crippen LogP contribution in [-0.2, 0) is 4.74 Å². The molecule has 0 radical (unpaired) electrons. The third-order valence-electron chi connectivity index (χ3n) is 6.15. The molecule has 2 aromatic carbocycles. The van der Waals surface area contributed by atoms with Gasteiger partial charge in [0.25, 0.3) is 0 Å². The first-order chi connectivity index (χ1) is 18.1. The average molecular weight is 553 g/mol. The Morgan fingerprint density at radius 2 is 1.79 bits per heavy atom. The third kappa shape index (κ3) is 4.50. The minimum Gasteiger partial charge on any atom is -0.506 e. The number of aliphatic hydroxyl groups is 3. The lowest BCUT2D eigenvalue weighted by atomic mass is 9.92. The highest BCUT2D eigenvalue weighted by molar-refractivity contribution is 6.30. The molecular formula is C23H20ClF3N6O5. The Hall–Kier alpha value is -3.56. The first-order valence-electron chi connectivity index (χ1n) is 11.2. The maximum atomic E-state index is 13.7. The summed E-state index contributed by atoms with van der Waals surface area (Å²) < 4.78 is 48.9. The van der Waals surface area contributed by atoms with Crippen LogP contribution >= 0.6 is 11.6 Å². The van der Waals surface area contributed by atoms with Crippen LogP contribution in [0.5, 0.6) is 5.75 Å². The Morgan fingerprint density at radius 3 is 2.47 bits per heavy atom. The molecular weight excluding hydrogens is 533 g/mol. The van der Waals surface area contributed by atoms with Crippen molar-refractivity contribution in [2.24, 2.45) is 0 Å². The Labute approximate surface area is 217 Å². The number of benzene rings is 2. The Morgan fingerprint density at radius 1 is 1.08 bits per heavy atom. The molecule has 0 amide bonds. The number of aromatic hydroxyl groups is 1. The van der Waals surface area contributed by atoms with E-state index in [-0.39, 0.29) is 39.4 Å². The molecule has 4 aromatic rings. The normalized spacial score (nSPS) is 23.6. The van der Waals surface area contributed by atoms with Gasteiger partial charge in [-0.05, 0) is 37.3 Å². The van der Waals surface area contributed by atoms with Gasteiger partial charge in [0.05, 0.1) is 12.8 Å². The molecule has 2 aromatic heterocycles. The molecule has 5 atom stereocenters. The van der Waals surface area contributed by atoms with E-state index in [0.717, 1.165) is 16.8 Å². The molecule has 0 unspecified atom stereocenters. The minimum absolute atomic E-state index is 0.0194. The van der Waals surface area contributed by atoms with E-state index in [0.29, 0.717) is 0 Å². The van der Waals surface area contributed by atoms with Crippen LogP contribution in [0.3, 0.4) is 0 Å². The van der Waals surface area contributed by atoms with Crippen LogP contribution in [0.2, 0.25) is 5.02 Å². The molecule has 5 rings (SSSR count). The first-order valence-corrected chi connectivity index (χ1v) is 11.6. The third-order valence-corrected chi connectivity index (χ3v) is 6.38. The summed E-state index contributed by atoms with van der Waals surface area (Å²) in [6.45, 7) is 0.906. The van der Waals surface area contributed by atoms with Crippen molar-refractivity contribution in [2.45, 2.75) is 37.4 Å². The van der Waals surface area contributed by atoms with Crippen LogP contribution < -0.4 is 0 Å². The lowest BCUT2D eigenvalue weighted by molar-refractivity contribution is -0.210. The zero-order valence-corrected chi connectivity index (χ0v) is 20.2. The molecule has 1 aliphatic heterocycles. The van der Waals surface area contributed by atoms with Crippen LogP contribution in [0.15, 0.2) is 36.5 Å². The molecule has 1 saturated heterocycles. The van der Waals surface area contributed by atoms with Gasteiger partial charge in [-0.25, -0.2) is 27.5 Å². The van der Waals surface area contributed by atoms with E-state index in [1.165, 1.54) is 29.1 Å². The van der Waals surface area contributed by atoms with Gasteiger partial charge in [0.2, 0.25) is 0 Å². The van der Waals surface area contributed by atoms with Gasteiger partial charge in [-0.3, -0.25) is 0 Å². The molecule has 0 bridgehead atoms. The van der Waals surface area contributed by atoms with Crippen LogP contribution in [0.1, 0.15) is 23.8 Å². The van der Waals surface area contributed by atoms with E-state index in [4.69, 9.17) is 16.3 Å². The van der Waals surface area contributed by atoms with Crippen molar-refractivity contribution in [1.82, 2.24) is 29.8 Å². The molecule has 0 spiro atoms. The maximum Gasteiger partial charge on any atom is 0.194 e. The van der Waals surface area contributed by atoms with E-state index in [9.17, 15) is 33.6 Å². The van der Waals surface area contributed by atoms with Gasteiger partial charge in [-0.1, -0.05) is 16.8 Å². The lowest BCUT2D eigenvalue weighted by Crippen LogP contribution is -2.53. The largest absolute Gasteiger partial charge is 0.506 e. The van der Waals surface area contributed by atoms with Crippen molar-refractivity contribution in [3.8, 4) is 22.7 Å². The van der Waals surface area contributed by atoms with Gasteiger partial charge >= 0.3 is 0 Å². The zero-order chi connectivity index (χ0) is 27.3. The number of nitrogens with zero attached hydrogens (tertiary/aromatic N) is 6. The summed E-state index contributed by atoms with van der Waals surface area (Å²) >= 11 is 6.08. The number of phenols is 1. The van der Waals surface area contributed by atoms with E-state index < -0.39 is 54.5 Å². The lowest BCUT2D eigenvalue weighted by Gasteiger charge is -2.41. The van der Waals surface area contributed by atoms with Crippen molar-refractivity contribution in [2.75, 3.05) is 6.61 Å². The van der Waals surface area contributed by atoms with Crippen molar-refractivity contribution in [3.05, 3.63) is 70.7 Å². The van der Waals surface area contributed by atoms with Gasteiger partial charge in [-0.2, -0.15) is 5.10 Å². The van der Waals surface area contributed by atoms with Crippen LogP contribution in [0.25, 0.3) is 16.9 Å². The summed E-state index contributed by atoms with van der Waals surface area (Å²) in [5.41, 5.74) is -0.0741. The first kappa shape index (κ1) is 26.1. The molecule has 38 heavy (non-hydrogen) atoms. The SMILES string of the molecule is Cc1nc([C@@H]2O[C@H](CO)[C@H](O)[C@H](n3cc(-c4cc(F)c(F)c(F)c4)nn3)[C@H]2O)n(-c2cc(Cl)ccc2O)n1. The van der Waals surface area contributed by atoms with Crippen molar-refractivity contribution in [3.63, 3.8) is 0 Å². The second-order valence-electron chi connectivity index (χ2n) is 8.65. The number of aryl methyl sites for hydroxylation is 1. The zero-order valence-electron chi connectivity index (χ0n) is 19.5. The van der Waals surface area contributed by atoms with Crippen molar-refractivity contribution < 1.29 is 38.3 Å². The van der Waals surface area contributed by atoms with E-state index in [2.05, 4.69) is 20.4 Å². The van der Waals surface area contributed by atoms with Gasteiger partial charge in [0.1, 0.15) is 53.4 Å².